The Balaban J connectivity index is 3.35. The van der Waals surface area contributed by atoms with E-state index in [1.807, 2.05) is 0 Å². The molecule has 0 saturated carbocycles. The predicted octanol–water partition coefficient (Wildman–Crippen LogP) is 13.8. The monoisotopic (exact) mass is 695 g/mol. The van der Waals surface area contributed by atoms with Crippen LogP contribution in [0.25, 0.3) is 0 Å². The van der Waals surface area contributed by atoms with Crippen LogP contribution >= 0.6 is 0 Å². The van der Waals surface area contributed by atoms with Gasteiger partial charge in [-0.1, -0.05) is 220 Å². The zero-order valence-corrected chi connectivity index (χ0v) is 33.4. The van der Waals surface area contributed by atoms with Gasteiger partial charge in [0.2, 0.25) is 0 Å². The summed E-state index contributed by atoms with van der Waals surface area (Å²) in [6.07, 6.45) is 43.1. The number of hydrogen-bond acceptors (Lipinski definition) is 5. The number of aliphatic hydroxyl groups excluding tert-OH is 1. The largest absolute Gasteiger partial charge is 0.463 e. The molecule has 0 rings (SSSR count). The first-order chi connectivity index (χ1) is 24.0. The van der Waals surface area contributed by atoms with Crippen molar-refractivity contribution in [2.45, 2.75) is 252 Å². The van der Waals surface area contributed by atoms with Crippen LogP contribution < -0.4 is 0 Å². The second-order valence-electron chi connectivity index (χ2n) is 15.7. The molecule has 1 N–H and O–H groups in total. The molecule has 0 aromatic carbocycles. The van der Waals surface area contributed by atoms with Gasteiger partial charge in [-0.25, -0.2) is 0 Å². The SMILES string of the molecule is CCCCCCCCCCCCCCCCC(=O)OC[C@H](O)COC(=O)CCCCCCCCCCCCCCCCCCCCC(C)C. The van der Waals surface area contributed by atoms with Crippen LogP contribution in [0.1, 0.15) is 245 Å². The Morgan fingerprint density at radius 3 is 0.918 bits per heavy atom. The molecule has 0 spiro atoms. The minimum Gasteiger partial charge on any atom is -0.463 e. The normalized spacial score (nSPS) is 12.1. The Labute approximate surface area is 306 Å². The summed E-state index contributed by atoms with van der Waals surface area (Å²) in [5.74, 6) is 0.317. The van der Waals surface area contributed by atoms with Gasteiger partial charge in [-0.05, 0) is 18.8 Å². The van der Waals surface area contributed by atoms with E-state index >= 15 is 0 Å². The molecule has 5 nitrogen and oxygen atoms in total. The van der Waals surface area contributed by atoms with Crippen molar-refractivity contribution < 1.29 is 24.2 Å². The van der Waals surface area contributed by atoms with Crippen LogP contribution in [-0.4, -0.2) is 36.4 Å². The van der Waals surface area contributed by atoms with E-state index in [0.717, 1.165) is 31.6 Å². The zero-order chi connectivity index (χ0) is 35.9. The second kappa shape index (κ2) is 39.7. The highest BCUT2D eigenvalue weighted by Gasteiger charge is 2.12. The van der Waals surface area contributed by atoms with Crippen molar-refractivity contribution in [3.05, 3.63) is 0 Å². The molecule has 0 bridgehead atoms. The smallest absolute Gasteiger partial charge is 0.305 e. The molecule has 0 unspecified atom stereocenters. The van der Waals surface area contributed by atoms with Gasteiger partial charge in [0.1, 0.15) is 19.3 Å². The summed E-state index contributed by atoms with van der Waals surface area (Å²) in [7, 11) is 0. The van der Waals surface area contributed by atoms with Gasteiger partial charge in [-0.3, -0.25) is 9.59 Å². The van der Waals surface area contributed by atoms with Crippen LogP contribution in [0.4, 0.5) is 0 Å². The maximum absolute atomic E-state index is 12.0. The molecule has 0 heterocycles. The average molecular weight is 695 g/mol. The summed E-state index contributed by atoms with van der Waals surface area (Å²) >= 11 is 0. The standard InChI is InChI=1S/C44H86O5/c1-4-5-6-7-8-9-10-11-19-22-25-28-31-34-37-43(46)48-39-42(45)40-49-44(47)38-35-32-29-26-23-20-17-15-13-12-14-16-18-21-24-27-30-33-36-41(2)3/h41-42,45H,4-40H2,1-3H3/t42-/m0/s1. The van der Waals surface area contributed by atoms with Crippen LogP contribution in [0, 0.1) is 5.92 Å². The fraction of sp³-hybridized carbons (Fsp3) is 0.955. The number of hydrogen-bond donors (Lipinski definition) is 1. The van der Waals surface area contributed by atoms with E-state index in [1.165, 1.54) is 186 Å². The fourth-order valence-corrected chi connectivity index (χ4v) is 6.68. The Hall–Kier alpha value is -1.10. The molecule has 49 heavy (non-hydrogen) atoms. The molecule has 0 aliphatic rings. The van der Waals surface area contributed by atoms with Crippen molar-refractivity contribution >= 4 is 11.9 Å². The van der Waals surface area contributed by atoms with E-state index in [9.17, 15) is 14.7 Å². The summed E-state index contributed by atoms with van der Waals surface area (Å²) in [6.45, 7) is 6.71. The summed E-state index contributed by atoms with van der Waals surface area (Å²) in [5, 5.41) is 10.0. The lowest BCUT2D eigenvalue weighted by Gasteiger charge is -2.12. The van der Waals surface area contributed by atoms with Crippen molar-refractivity contribution in [1.82, 2.24) is 0 Å². The maximum Gasteiger partial charge on any atom is 0.305 e. The van der Waals surface area contributed by atoms with Crippen molar-refractivity contribution in [3.8, 4) is 0 Å². The molecule has 0 saturated heterocycles. The van der Waals surface area contributed by atoms with Crippen LogP contribution in [0.3, 0.4) is 0 Å². The van der Waals surface area contributed by atoms with Crippen LogP contribution in [0.15, 0.2) is 0 Å². The molecule has 292 valence electrons. The molecule has 0 fully saturated rings. The number of rotatable bonds is 40. The summed E-state index contributed by atoms with van der Waals surface area (Å²) < 4.78 is 10.4. The van der Waals surface area contributed by atoms with E-state index < -0.39 is 6.10 Å². The Morgan fingerprint density at radius 1 is 0.408 bits per heavy atom. The topological polar surface area (TPSA) is 72.8 Å². The molecule has 0 aromatic rings. The van der Waals surface area contributed by atoms with E-state index in [2.05, 4.69) is 20.8 Å². The van der Waals surface area contributed by atoms with E-state index in [4.69, 9.17) is 9.47 Å². The summed E-state index contributed by atoms with van der Waals surface area (Å²) in [4.78, 5) is 24.0. The molecular formula is C44H86O5. The third kappa shape index (κ3) is 41.2. The van der Waals surface area contributed by atoms with E-state index in [0.29, 0.717) is 12.8 Å². The highest BCUT2D eigenvalue weighted by Crippen LogP contribution is 2.16. The number of ether oxygens (including phenoxy) is 2. The van der Waals surface area contributed by atoms with Crippen LogP contribution in [0.2, 0.25) is 0 Å². The van der Waals surface area contributed by atoms with Crippen molar-refractivity contribution in [3.63, 3.8) is 0 Å². The molecule has 1 atom stereocenters. The van der Waals surface area contributed by atoms with Crippen LogP contribution in [-0.2, 0) is 19.1 Å². The second-order valence-corrected chi connectivity index (χ2v) is 15.7. The van der Waals surface area contributed by atoms with Gasteiger partial charge in [-0.15, -0.1) is 0 Å². The van der Waals surface area contributed by atoms with Gasteiger partial charge in [0, 0.05) is 12.8 Å². The molecule has 0 radical (unpaired) electrons. The summed E-state index contributed by atoms with van der Waals surface area (Å²) in [5.41, 5.74) is 0. The Morgan fingerprint density at radius 2 is 0.653 bits per heavy atom. The third-order valence-corrected chi connectivity index (χ3v) is 10.0. The lowest BCUT2D eigenvalue weighted by Crippen LogP contribution is -2.25. The highest BCUT2D eigenvalue weighted by molar-refractivity contribution is 5.69. The number of unbranched alkanes of at least 4 members (excludes halogenated alkanes) is 30. The lowest BCUT2D eigenvalue weighted by molar-refractivity contribution is -0.152. The predicted molar refractivity (Wildman–Crippen MR) is 210 cm³/mol. The Kier molecular flexibility index (Phi) is 38.8. The molecule has 5 heteroatoms. The summed E-state index contributed by atoms with van der Waals surface area (Å²) in [6, 6.07) is 0. The zero-order valence-electron chi connectivity index (χ0n) is 33.4. The van der Waals surface area contributed by atoms with Gasteiger partial charge >= 0.3 is 11.9 Å². The molecule has 0 aliphatic carbocycles. The number of esters is 2. The van der Waals surface area contributed by atoms with Gasteiger partial charge < -0.3 is 14.6 Å². The molecule has 0 amide bonds. The first-order valence-electron chi connectivity index (χ1n) is 21.9. The molecule has 0 aliphatic heterocycles. The van der Waals surface area contributed by atoms with Gasteiger partial charge in [0.05, 0.1) is 0 Å². The first-order valence-corrected chi connectivity index (χ1v) is 21.9. The van der Waals surface area contributed by atoms with Gasteiger partial charge in [0.25, 0.3) is 0 Å². The van der Waals surface area contributed by atoms with Gasteiger partial charge in [0.15, 0.2) is 0 Å². The minimum atomic E-state index is -0.955. The maximum atomic E-state index is 12.0. The minimum absolute atomic E-state index is 0.107. The van der Waals surface area contributed by atoms with Gasteiger partial charge in [-0.2, -0.15) is 0 Å². The van der Waals surface area contributed by atoms with E-state index in [-0.39, 0.29) is 25.2 Å². The first kappa shape index (κ1) is 47.9. The van der Waals surface area contributed by atoms with Crippen molar-refractivity contribution in [2.75, 3.05) is 13.2 Å². The number of carbonyl (C=O) groups is 2. The molecular weight excluding hydrogens is 608 g/mol. The lowest BCUT2D eigenvalue weighted by atomic mass is 10.0. The third-order valence-electron chi connectivity index (χ3n) is 10.0. The fourth-order valence-electron chi connectivity index (χ4n) is 6.68. The highest BCUT2D eigenvalue weighted by atomic mass is 16.6. The van der Waals surface area contributed by atoms with E-state index in [1.54, 1.807) is 0 Å². The average Bonchev–Trinajstić information content (AvgIpc) is 3.08. The Bertz CT molecular complexity index is 678. The molecule has 0 aromatic heterocycles. The van der Waals surface area contributed by atoms with Crippen molar-refractivity contribution in [2.24, 2.45) is 5.92 Å². The van der Waals surface area contributed by atoms with Crippen LogP contribution in [0.5, 0.6) is 0 Å². The number of carbonyl (C=O) groups excluding carboxylic acids is 2. The van der Waals surface area contributed by atoms with Crippen molar-refractivity contribution in [1.29, 1.82) is 0 Å². The number of aliphatic hydroxyl groups is 1. The quantitative estimate of drug-likeness (QED) is 0.0510.